The van der Waals surface area contributed by atoms with E-state index < -0.39 is 0 Å². The summed E-state index contributed by atoms with van der Waals surface area (Å²) in [5.41, 5.74) is 5.17. The molecule has 110 valence electrons. The van der Waals surface area contributed by atoms with E-state index in [2.05, 4.69) is 43.4 Å². The number of nitrogens with zero attached hydrogens (tertiary/aromatic N) is 2. The summed E-state index contributed by atoms with van der Waals surface area (Å²) in [4.78, 5) is 9.59. The third-order valence-corrected chi connectivity index (χ3v) is 4.06. The topological polar surface area (TPSA) is 37.8 Å². The Morgan fingerprint density at radius 3 is 2.57 bits per heavy atom. The van der Waals surface area contributed by atoms with E-state index in [0.717, 1.165) is 37.4 Å². The minimum absolute atomic E-state index is 0.811. The number of nitrogens with one attached hydrogen (secondary N) is 1. The van der Waals surface area contributed by atoms with Gasteiger partial charge >= 0.3 is 0 Å². The number of aromatic nitrogens is 2. The summed E-state index contributed by atoms with van der Waals surface area (Å²) < 4.78 is 0. The Kier molecular flexibility index (Phi) is 4.18. The zero-order valence-electron chi connectivity index (χ0n) is 12.9. The first-order valence-corrected chi connectivity index (χ1v) is 7.94. The molecule has 3 heteroatoms. The zero-order chi connectivity index (χ0) is 14.7. The number of hydrogen-bond donors (Lipinski definition) is 1. The summed E-state index contributed by atoms with van der Waals surface area (Å²) in [5, 5.41) is 3.42. The molecule has 3 nitrogen and oxygen atoms in total. The normalized spacial score (nSPS) is 13.8. The van der Waals surface area contributed by atoms with Crippen molar-refractivity contribution < 1.29 is 0 Å². The van der Waals surface area contributed by atoms with Crippen LogP contribution in [0.3, 0.4) is 0 Å². The van der Waals surface area contributed by atoms with E-state index in [4.69, 9.17) is 9.97 Å². The van der Waals surface area contributed by atoms with Gasteiger partial charge < -0.3 is 5.32 Å². The van der Waals surface area contributed by atoms with E-state index in [1.807, 2.05) is 0 Å². The van der Waals surface area contributed by atoms with Gasteiger partial charge in [-0.15, -0.1) is 0 Å². The van der Waals surface area contributed by atoms with Gasteiger partial charge in [-0.2, -0.15) is 0 Å². The number of fused-ring (bicyclic) bond motifs is 1. The summed E-state index contributed by atoms with van der Waals surface area (Å²) in [5.74, 6) is 2.00. The maximum atomic E-state index is 4.82. The van der Waals surface area contributed by atoms with Crippen molar-refractivity contribution in [3.8, 4) is 0 Å². The molecule has 3 rings (SSSR count). The summed E-state index contributed by atoms with van der Waals surface area (Å²) in [6.07, 6.45) is 5.52. The number of aryl methyl sites for hydroxylation is 2. The first-order valence-electron chi connectivity index (χ1n) is 7.94. The molecule has 0 spiro atoms. The van der Waals surface area contributed by atoms with Gasteiger partial charge in [0.25, 0.3) is 0 Å². The minimum atomic E-state index is 0.811. The van der Waals surface area contributed by atoms with Gasteiger partial charge in [0.1, 0.15) is 11.6 Å². The molecule has 21 heavy (non-hydrogen) atoms. The monoisotopic (exact) mass is 281 g/mol. The molecule has 1 heterocycles. The zero-order valence-corrected chi connectivity index (χ0v) is 12.9. The van der Waals surface area contributed by atoms with Crippen LogP contribution < -0.4 is 5.32 Å². The second-order valence-corrected chi connectivity index (χ2v) is 5.81. The van der Waals surface area contributed by atoms with Crippen LogP contribution in [0, 0.1) is 6.92 Å². The quantitative estimate of drug-likeness (QED) is 0.929. The molecule has 0 fully saturated rings. The van der Waals surface area contributed by atoms with Crippen molar-refractivity contribution in [3.05, 3.63) is 52.5 Å². The van der Waals surface area contributed by atoms with Crippen LogP contribution in [-0.4, -0.2) is 16.5 Å². The van der Waals surface area contributed by atoms with E-state index in [9.17, 15) is 0 Å². The van der Waals surface area contributed by atoms with Gasteiger partial charge in [-0.3, -0.25) is 0 Å². The maximum absolute atomic E-state index is 4.82. The van der Waals surface area contributed by atoms with Crippen LogP contribution in [0.15, 0.2) is 24.3 Å². The first-order chi connectivity index (χ1) is 10.3. The van der Waals surface area contributed by atoms with Crippen LogP contribution in [0.25, 0.3) is 0 Å². The summed E-state index contributed by atoms with van der Waals surface area (Å²) in [7, 11) is 0. The number of benzene rings is 1. The molecule has 1 aliphatic carbocycles. The van der Waals surface area contributed by atoms with Crippen molar-refractivity contribution in [1.82, 2.24) is 9.97 Å². The van der Waals surface area contributed by atoms with E-state index in [1.165, 1.54) is 35.2 Å². The highest BCUT2D eigenvalue weighted by molar-refractivity contribution is 5.48. The third-order valence-electron chi connectivity index (χ3n) is 4.06. The van der Waals surface area contributed by atoms with Crippen molar-refractivity contribution in [2.45, 2.75) is 46.0 Å². The minimum Gasteiger partial charge on any atom is -0.370 e. The third kappa shape index (κ3) is 3.23. The van der Waals surface area contributed by atoms with Crippen LogP contribution in [0.1, 0.15) is 48.0 Å². The Labute approximate surface area is 126 Å². The average Bonchev–Trinajstić information content (AvgIpc) is 2.50. The van der Waals surface area contributed by atoms with Gasteiger partial charge in [-0.1, -0.05) is 29.8 Å². The van der Waals surface area contributed by atoms with E-state index in [-0.39, 0.29) is 0 Å². The second-order valence-electron chi connectivity index (χ2n) is 5.81. The molecule has 0 saturated heterocycles. The highest BCUT2D eigenvalue weighted by Crippen LogP contribution is 2.26. The van der Waals surface area contributed by atoms with Gasteiger partial charge in [0.15, 0.2) is 0 Å². The molecule has 2 aromatic rings. The fourth-order valence-corrected chi connectivity index (χ4v) is 2.93. The molecule has 1 aliphatic rings. The first kappa shape index (κ1) is 14.1. The lowest BCUT2D eigenvalue weighted by molar-refractivity contribution is 0.657. The molecule has 0 saturated carbocycles. The number of anilines is 1. The summed E-state index contributed by atoms with van der Waals surface area (Å²) in [6.45, 7) is 5.15. The Hall–Kier alpha value is -1.90. The van der Waals surface area contributed by atoms with Crippen LogP contribution in [0.5, 0.6) is 0 Å². The molecular weight excluding hydrogens is 258 g/mol. The fraction of sp³-hybridized carbons (Fsp3) is 0.444. The van der Waals surface area contributed by atoms with E-state index in [0.29, 0.717) is 0 Å². The number of rotatable bonds is 4. The highest BCUT2D eigenvalue weighted by atomic mass is 15.0. The van der Waals surface area contributed by atoms with Crippen LogP contribution in [0.4, 0.5) is 5.82 Å². The van der Waals surface area contributed by atoms with Crippen molar-refractivity contribution in [2.24, 2.45) is 0 Å². The summed E-state index contributed by atoms with van der Waals surface area (Å²) in [6, 6.07) is 8.65. The highest BCUT2D eigenvalue weighted by Gasteiger charge is 2.17. The van der Waals surface area contributed by atoms with Crippen molar-refractivity contribution in [1.29, 1.82) is 0 Å². The molecule has 0 aliphatic heterocycles. The average molecular weight is 281 g/mol. The smallest absolute Gasteiger partial charge is 0.135 e. The predicted octanol–water partition coefficient (Wildman–Crippen LogP) is 3.69. The summed E-state index contributed by atoms with van der Waals surface area (Å²) >= 11 is 0. The number of hydrogen-bond acceptors (Lipinski definition) is 3. The Morgan fingerprint density at radius 2 is 1.81 bits per heavy atom. The Morgan fingerprint density at radius 1 is 1.05 bits per heavy atom. The lowest BCUT2D eigenvalue weighted by Gasteiger charge is -2.19. The molecule has 1 aromatic carbocycles. The molecule has 0 amide bonds. The molecule has 0 radical (unpaired) electrons. The molecule has 0 bridgehead atoms. The Bertz CT molecular complexity index is 617. The second kappa shape index (κ2) is 6.25. The standard InChI is InChI=1S/C18H23N3/c1-3-19-18-15-6-4-5-7-16(15)20-17(21-18)12-14-10-8-13(2)9-11-14/h8-11H,3-7,12H2,1-2H3,(H,19,20,21). The van der Waals surface area contributed by atoms with Crippen LogP contribution >= 0.6 is 0 Å². The van der Waals surface area contributed by atoms with Crippen LogP contribution in [-0.2, 0) is 19.3 Å². The van der Waals surface area contributed by atoms with Crippen molar-refractivity contribution in [3.63, 3.8) is 0 Å². The predicted molar refractivity (Wildman–Crippen MR) is 86.8 cm³/mol. The molecule has 0 atom stereocenters. The van der Waals surface area contributed by atoms with Gasteiger partial charge in [0.05, 0.1) is 0 Å². The molecular formula is C18H23N3. The molecule has 1 aromatic heterocycles. The van der Waals surface area contributed by atoms with Crippen molar-refractivity contribution in [2.75, 3.05) is 11.9 Å². The van der Waals surface area contributed by atoms with Gasteiger partial charge in [0.2, 0.25) is 0 Å². The van der Waals surface area contributed by atoms with E-state index in [1.54, 1.807) is 0 Å². The van der Waals surface area contributed by atoms with Gasteiger partial charge in [0, 0.05) is 24.2 Å². The van der Waals surface area contributed by atoms with E-state index >= 15 is 0 Å². The van der Waals surface area contributed by atoms with Gasteiger partial charge in [-0.25, -0.2) is 9.97 Å². The Balaban J connectivity index is 1.91. The molecule has 0 unspecified atom stereocenters. The maximum Gasteiger partial charge on any atom is 0.135 e. The van der Waals surface area contributed by atoms with Crippen molar-refractivity contribution >= 4 is 5.82 Å². The lowest BCUT2D eigenvalue weighted by Crippen LogP contribution is -2.15. The molecule has 1 N–H and O–H groups in total. The van der Waals surface area contributed by atoms with Crippen LogP contribution in [0.2, 0.25) is 0 Å². The van der Waals surface area contributed by atoms with Gasteiger partial charge in [-0.05, 0) is 45.1 Å². The lowest BCUT2D eigenvalue weighted by atomic mass is 9.96. The largest absolute Gasteiger partial charge is 0.370 e. The SMILES string of the molecule is CCNc1nc(Cc2ccc(C)cc2)nc2c1CCCC2. The fourth-order valence-electron chi connectivity index (χ4n) is 2.93.